The molecule has 0 saturated heterocycles. The van der Waals surface area contributed by atoms with Crippen molar-refractivity contribution in [3.63, 3.8) is 0 Å². The number of benzene rings is 2. The molecule has 2 aliphatic rings. The molecule has 1 aliphatic carbocycles. The van der Waals surface area contributed by atoms with Crippen LogP contribution in [0.3, 0.4) is 0 Å². The van der Waals surface area contributed by atoms with E-state index in [9.17, 15) is 19.2 Å². The highest BCUT2D eigenvalue weighted by molar-refractivity contribution is 6.21. The number of amides is 2. The second-order valence-corrected chi connectivity index (χ2v) is 7.40. The Hall–Kier alpha value is -3.28. The summed E-state index contributed by atoms with van der Waals surface area (Å²) in [7, 11) is 0. The fraction of sp³-hybridized carbons (Fsp3) is 0.304. The molecule has 0 saturated carbocycles. The van der Waals surface area contributed by atoms with Gasteiger partial charge < -0.3 is 4.74 Å². The number of hydrogen-bond acceptors (Lipinski definition) is 5. The molecule has 2 amide bonds. The monoisotopic (exact) mass is 391 g/mol. The summed E-state index contributed by atoms with van der Waals surface area (Å²) < 4.78 is 5.47. The van der Waals surface area contributed by atoms with Crippen LogP contribution in [0.5, 0.6) is 5.75 Å². The van der Waals surface area contributed by atoms with Crippen molar-refractivity contribution in [2.24, 2.45) is 0 Å². The van der Waals surface area contributed by atoms with E-state index in [1.807, 2.05) is 13.0 Å². The zero-order chi connectivity index (χ0) is 20.5. The van der Waals surface area contributed by atoms with Gasteiger partial charge in [0.05, 0.1) is 16.7 Å². The van der Waals surface area contributed by atoms with E-state index in [-0.39, 0.29) is 30.6 Å². The van der Waals surface area contributed by atoms with Crippen molar-refractivity contribution in [2.75, 3.05) is 6.54 Å². The predicted molar refractivity (Wildman–Crippen MR) is 105 cm³/mol. The Kier molecular flexibility index (Phi) is 5.01. The van der Waals surface area contributed by atoms with Gasteiger partial charge in [-0.15, -0.1) is 0 Å². The van der Waals surface area contributed by atoms with Crippen LogP contribution in [0.25, 0.3) is 0 Å². The van der Waals surface area contributed by atoms with Crippen LogP contribution >= 0.6 is 0 Å². The summed E-state index contributed by atoms with van der Waals surface area (Å²) in [5, 5.41) is 0. The van der Waals surface area contributed by atoms with Crippen LogP contribution in [0.4, 0.5) is 0 Å². The highest BCUT2D eigenvalue weighted by atomic mass is 16.5. The Morgan fingerprint density at radius 1 is 1.00 bits per heavy atom. The lowest BCUT2D eigenvalue weighted by atomic mass is 9.87. The van der Waals surface area contributed by atoms with Gasteiger partial charge in [0.1, 0.15) is 5.75 Å². The van der Waals surface area contributed by atoms with E-state index in [1.54, 1.807) is 30.3 Å². The molecular weight excluding hydrogens is 370 g/mol. The van der Waals surface area contributed by atoms with Crippen LogP contribution in [0.2, 0.25) is 0 Å². The molecule has 2 aromatic rings. The SMILES string of the molecule is Cc1ccc(OC(=O)CCCN2C(=O)c3ccccc3C2=O)c2c1CCCC2=O. The molecule has 0 aromatic heterocycles. The number of hydrogen-bond donors (Lipinski definition) is 0. The highest BCUT2D eigenvalue weighted by Gasteiger charge is 2.34. The van der Waals surface area contributed by atoms with Gasteiger partial charge in [-0.2, -0.15) is 0 Å². The van der Waals surface area contributed by atoms with Crippen molar-refractivity contribution in [2.45, 2.75) is 39.0 Å². The number of aryl methyl sites for hydroxylation is 1. The van der Waals surface area contributed by atoms with E-state index < -0.39 is 5.97 Å². The van der Waals surface area contributed by atoms with Gasteiger partial charge in [-0.05, 0) is 55.5 Å². The molecule has 0 fully saturated rings. The second-order valence-electron chi connectivity index (χ2n) is 7.40. The summed E-state index contributed by atoms with van der Waals surface area (Å²) in [5.41, 5.74) is 3.29. The molecule has 4 rings (SSSR count). The largest absolute Gasteiger partial charge is 0.426 e. The van der Waals surface area contributed by atoms with Gasteiger partial charge in [-0.3, -0.25) is 24.1 Å². The maximum Gasteiger partial charge on any atom is 0.311 e. The number of rotatable bonds is 5. The van der Waals surface area contributed by atoms with Crippen molar-refractivity contribution in [3.05, 3.63) is 64.2 Å². The van der Waals surface area contributed by atoms with Gasteiger partial charge in [-0.1, -0.05) is 18.2 Å². The second kappa shape index (κ2) is 7.62. The number of ether oxygens (including phenoxy) is 1. The Labute approximate surface area is 168 Å². The van der Waals surface area contributed by atoms with Crippen LogP contribution in [0, 0.1) is 6.92 Å². The average molecular weight is 391 g/mol. The topological polar surface area (TPSA) is 80.8 Å². The third-order valence-electron chi connectivity index (χ3n) is 5.48. The molecule has 0 radical (unpaired) electrons. The van der Waals surface area contributed by atoms with Gasteiger partial charge in [0, 0.05) is 19.4 Å². The summed E-state index contributed by atoms with van der Waals surface area (Å²) in [6.45, 7) is 2.09. The lowest BCUT2D eigenvalue weighted by Crippen LogP contribution is -2.31. The molecule has 2 aromatic carbocycles. The Morgan fingerprint density at radius 2 is 1.69 bits per heavy atom. The van der Waals surface area contributed by atoms with Crippen LogP contribution in [0.1, 0.15) is 67.9 Å². The lowest BCUT2D eigenvalue weighted by Gasteiger charge is -2.20. The maximum atomic E-state index is 12.4. The first kappa shape index (κ1) is 19.1. The van der Waals surface area contributed by atoms with Crippen molar-refractivity contribution >= 4 is 23.6 Å². The molecule has 0 atom stereocenters. The normalized spacial score (nSPS) is 15.3. The molecule has 0 unspecified atom stereocenters. The molecule has 0 N–H and O–H groups in total. The highest BCUT2D eigenvalue weighted by Crippen LogP contribution is 2.32. The van der Waals surface area contributed by atoms with E-state index in [0.717, 1.165) is 28.9 Å². The van der Waals surface area contributed by atoms with Crippen molar-refractivity contribution < 1.29 is 23.9 Å². The molecule has 6 nitrogen and oxygen atoms in total. The summed E-state index contributed by atoms with van der Waals surface area (Å²) in [6.07, 6.45) is 2.42. The van der Waals surface area contributed by atoms with Crippen LogP contribution in [0.15, 0.2) is 36.4 Å². The molecule has 6 heteroatoms. The van der Waals surface area contributed by atoms with E-state index >= 15 is 0 Å². The number of carbonyl (C=O) groups excluding carboxylic acids is 4. The number of imide groups is 1. The van der Waals surface area contributed by atoms with Crippen LogP contribution in [-0.2, 0) is 11.2 Å². The van der Waals surface area contributed by atoms with Crippen molar-refractivity contribution in [3.8, 4) is 5.75 Å². The summed E-state index contributed by atoms with van der Waals surface area (Å²) in [4.78, 5) is 50.5. The van der Waals surface area contributed by atoms with E-state index in [0.29, 0.717) is 35.3 Å². The van der Waals surface area contributed by atoms with Crippen LogP contribution < -0.4 is 4.74 Å². The molecule has 1 aliphatic heterocycles. The predicted octanol–water partition coefficient (Wildman–Crippen LogP) is 3.50. The Morgan fingerprint density at radius 3 is 2.38 bits per heavy atom. The van der Waals surface area contributed by atoms with Gasteiger partial charge in [0.15, 0.2) is 5.78 Å². The third-order valence-corrected chi connectivity index (χ3v) is 5.48. The van der Waals surface area contributed by atoms with E-state index in [2.05, 4.69) is 0 Å². The van der Waals surface area contributed by atoms with E-state index in [4.69, 9.17) is 4.74 Å². The smallest absolute Gasteiger partial charge is 0.311 e. The number of Topliss-reactive ketones (excluding diaryl/α,β-unsaturated/α-hetero) is 1. The molecule has 1 heterocycles. The zero-order valence-electron chi connectivity index (χ0n) is 16.2. The van der Waals surface area contributed by atoms with Crippen molar-refractivity contribution in [1.29, 1.82) is 0 Å². The summed E-state index contributed by atoms with van der Waals surface area (Å²) in [5.74, 6) is -0.842. The number of fused-ring (bicyclic) bond motifs is 2. The molecule has 148 valence electrons. The molecule has 29 heavy (non-hydrogen) atoms. The Bertz CT molecular complexity index is 1000. The average Bonchev–Trinajstić information content (AvgIpc) is 2.95. The lowest BCUT2D eigenvalue weighted by molar-refractivity contribution is -0.134. The standard InChI is InChI=1S/C23H21NO5/c1-14-11-12-19(21-15(14)8-4-9-18(21)25)29-20(26)10-5-13-24-22(27)16-6-2-3-7-17(16)23(24)28/h2-3,6-7,11-12H,4-5,8-10,13H2,1H3. The fourth-order valence-electron chi connectivity index (χ4n) is 3.99. The van der Waals surface area contributed by atoms with E-state index in [1.165, 1.54) is 0 Å². The first-order chi connectivity index (χ1) is 14.0. The number of carbonyl (C=O) groups is 4. The number of nitrogens with zero attached hydrogens (tertiary/aromatic N) is 1. The minimum Gasteiger partial charge on any atom is -0.426 e. The molecular formula is C23H21NO5. The van der Waals surface area contributed by atoms with Gasteiger partial charge in [-0.25, -0.2) is 0 Å². The Balaban J connectivity index is 1.38. The minimum absolute atomic E-state index is 0.00349. The van der Waals surface area contributed by atoms with Gasteiger partial charge >= 0.3 is 5.97 Å². The number of esters is 1. The van der Waals surface area contributed by atoms with Crippen LogP contribution in [-0.4, -0.2) is 35.0 Å². The molecule has 0 bridgehead atoms. The zero-order valence-corrected chi connectivity index (χ0v) is 16.2. The third kappa shape index (κ3) is 3.46. The first-order valence-corrected chi connectivity index (χ1v) is 9.79. The number of ketones is 1. The molecule has 0 spiro atoms. The van der Waals surface area contributed by atoms with Gasteiger partial charge in [0.2, 0.25) is 0 Å². The van der Waals surface area contributed by atoms with Crippen molar-refractivity contribution in [1.82, 2.24) is 4.90 Å². The summed E-state index contributed by atoms with van der Waals surface area (Å²) >= 11 is 0. The minimum atomic E-state index is -0.481. The quantitative estimate of drug-likeness (QED) is 0.443. The van der Waals surface area contributed by atoms with Gasteiger partial charge in [0.25, 0.3) is 11.8 Å². The summed E-state index contributed by atoms with van der Waals surface area (Å²) in [6, 6.07) is 10.2. The fourth-order valence-corrected chi connectivity index (χ4v) is 3.99. The maximum absolute atomic E-state index is 12.4. The first-order valence-electron chi connectivity index (χ1n) is 9.79.